The number of phenolic OH excluding ortho intramolecular Hbond substituents is 1. The van der Waals surface area contributed by atoms with Crippen molar-refractivity contribution in [1.82, 2.24) is 10.2 Å². The molecular formula is C31H35N3O7. The maximum Gasteiger partial charge on any atom is 0.255 e. The van der Waals surface area contributed by atoms with E-state index in [9.17, 15) is 34.8 Å². The fourth-order valence-electron chi connectivity index (χ4n) is 6.65. The lowest BCUT2D eigenvalue weighted by atomic mass is 9.58. The normalized spacial score (nSPS) is 25.9. The summed E-state index contributed by atoms with van der Waals surface area (Å²) in [5, 5.41) is 48.2. The molecule has 0 radical (unpaired) electrons. The Morgan fingerprint density at radius 1 is 1.10 bits per heavy atom. The molecule has 2 aromatic rings. The first-order valence-corrected chi connectivity index (χ1v) is 13.6. The van der Waals surface area contributed by atoms with Crippen molar-refractivity contribution in [3.8, 4) is 16.9 Å². The van der Waals surface area contributed by atoms with Crippen LogP contribution in [0.15, 0.2) is 59.1 Å². The lowest BCUT2D eigenvalue weighted by molar-refractivity contribution is -0.148. The maximum absolute atomic E-state index is 13.9. The minimum absolute atomic E-state index is 0.00571. The Bertz CT molecular complexity index is 1520. The first-order chi connectivity index (χ1) is 19.3. The highest BCUT2D eigenvalue weighted by molar-refractivity contribution is 6.24. The summed E-state index contributed by atoms with van der Waals surface area (Å²) in [4.78, 5) is 41.0. The summed E-state index contributed by atoms with van der Waals surface area (Å²) in [5.41, 5.74) is 5.00. The monoisotopic (exact) mass is 561 g/mol. The van der Waals surface area contributed by atoms with E-state index in [1.807, 2.05) is 24.3 Å². The summed E-state index contributed by atoms with van der Waals surface area (Å²) in [7, 11) is 3.20. The van der Waals surface area contributed by atoms with Crippen LogP contribution < -0.4 is 11.1 Å². The zero-order valence-corrected chi connectivity index (χ0v) is 23.4. The molecule has 10 nitrogen and oxygen atoms in total. The van der Waals surface area contributed by atoms with Crippen LogP contribution in [0.2, 0.25) is 0 Å². The number of amides is 1. The number of ketones is 2. The zero-order valence-electron chi connectivity index (χ0n) is 23.4. The standard InChI is InChI=1S/C31H35N3O7/c1-14(2)33-13-15-5-7-16(8-6-15)18-9-10-21(35)23-19(18)11-17-12-20-25(34(3)4)27(37)24(30(32)40)29(39)31(20,41)28(38)22(17)26(23)36/h5-10,14,17,20,25,33,35,37-38,41H,11-13H2,1-4H3,(H2,32,40). The van der Waals surface area contributed by atoms with Crippen LogP contribution in [0.3, 0.4) is 0 Å². The van der Waals surface area contributed by atoms with Crippen molar-refractivity contribution in [2.24, 2.45) is 17.6 Å². The number of Topliss-reactive ketones (excluding diaryl/α,β-unsaturated/α-hetero) is 2. The number of aliphatic hydroxyl groups is 3. The number of primary amides is 1. The van der Waals surface area contributed by atoms with Gasteiger partial charge in [0.25, 0.3) is 5.91 Å². The number of aromatic hydroxyl groups is 1. The smallest absolute Gasteiger partial charge is 0.255 e. The van der Waals surface area contributed by atoms with Gasteiger partial charge in [0.2, 0.25) is 5.78 Å². The summed E-state index contributed by atoms with van der Waals surface area (Å²) >= 11 is 0. The fourth-order valence-corrected chi connectivity index (χ4v) is 6.65. The van der Waals surface area contributed by atoms with E-state index >= 15 is 0 Å². The third kappa shape index (κ3) is 4.34. The van der Waals surface area contributed by atoms with Crippen LogP contribution in [0.25, 0.3) is 11.1 Å². The molecule has 4 atom stereocenters. The lowest BCUT2D eigenvalue weighted by Crippen LogP contribution is -2.63. The van der Waals surface area contributed by atoms with Gasteiger partial charge in [0.15, 0.2) is 11.4 Å². The van der Waals surface area contributed by atoms with Crippen molar-refractivity contribution in [2.75, 3.05) is 14.1 Å². The average Bonchev–Trinajstić information content (AvgIpc) is 2.89. The number of benzene rings is 2. The molecule has 3 aliphatic rings. The second-order valence-corrected chi connectivity index (χ2v) is 11.7. The molecule has 2 aromatic carbocycles. The third-order valence-electron chi connectivity index (χ3n) is 8.59. The third-order valence-corrected chi connectivity index (χ3v) is 8.59. The fraction of sp³-hybridized carbons (Fsp3) is 0.387. The molecule has 41 heavy (non-hydrogen) atoms. The van der Waals surface area contributed by atoms with E-state index in [1.54, 1.807) is 20.2 Å². The number of rotatable bonds is 6. The van der Waals surface area contributed by atoms with Gasteiger partial charge < -0.3 is 31.5 Å². The molecule has 0 fully saturated rings. The Morgan fingerprint density at radius 2 is 1.76 bits per heavy atom. The van der Waals surface area contributed by atoms with Crippen LogP contribution in [0, 0.1) is 11.8 Å². The highest BCUT2D eigenvalue weighted by Crippen LogP contribution is 2.53. The van der Waals surface area contributed by atoms with Crippen LogP contribution in [0.5, 0.6) is 5.75 Å². The number of nitrogens with one attached hydrogen (secondary N) is 1. The maximum atomic E-state index is 13.9. The topological polar surface area (TPSA) is 173 Å². The molecule has 216 valence electrons. The van der Waals surface area contributed by atoms with Gasteiger partial charge in [-0.25, -0.2) is 0 Å². The number of likely N-dealkylation sites (N-methyl/N-ethyl adjacent to an activating group) is 1. The van der Waals surface area contributed by atoms with Crippen LogP contribution in [0.4, 0.5) is 0 Å². The Morgan fingerprint density at radius 3 is 2.34 bits per heavy atom. The van der Waals surface area contributed by atoms with Crippen molar-refractivity contribution < 1.29 is 34.8 Å². The van der Waals surface area contributed by atoms with Gasteiger partial charge in [0, 0.05) is 24.1 Å². The molecule has 0 aliphatic heterocycles. The second kappa shape index (κ2) is 10.1. The SMILES string of the molecule is CC(C)NCc1ccc(-c2ccc(O)c3c2CC2CC4C(N(C)C)C(O)=C(C(N)=O)C(=O)C4(O)C(O)=C2C3=O)cc1. The Balaban J connectivity index is 1.62. The van der Waals surface area contributed by atoms with Gasteiger partial charge in [-0.05, 0) is 61.2 Å². The van der Waals surface area contributed by atoms with E-state index in [0.29, 0.717) is 18.2 Å². The van der Waals surface area contributed by atoms with Gasteiger partial charge in [-0.3, -0.25) is 19.3 Å². The van der Waals surface area contributed by atoms with E-state index in [0.717, 1.165) is 16.7 Å². The average molecular weight is 562 g/mol. The summed E-state index contributed by atoms with van der Waals surface area (Å²) < 4.78 is 0. The summed E-state index contributed by atoms with van der Waals surface area (Å²) in [6.45, 7) is 4.84. The number of nitrogens with zero attached hydrogens (tertiary/aromatic N) is 1. The molecule has 0 spiro atoms. The number of carbonyl (C=O) groups is 3. The molecule has 0 heterocycles. The molecule has 0 aromatic heterocycles. The predicted molar refractivity (Wildman–Crippen MR) is 151 cm³/mol. The second-order valence-electron chi connectivity index (χ2n) is 11.7. The number of fused-ring (bicyclic) bond motifs is 3. The van der Waals surface area contributed by atoms with E-state index in [2.05, 4.69) is 19.2 Å². The van der Waals surface area contributed by atoms with Crippen LogP contribution >= 0.6 is 0 Å². The summed E-state index contributed by atoms with van der Waals surface area (Å²) in [6, 6.07) is 10.4. The molecule has 7 N–H and O–H groups in total. The van der Waals surface area contributed by atoms with Crippen molar-refractivity contribution in [3.05, 3.63) is 75.8 Å². The van der Waals surface area contributed by atoms with Crippen LogP contribution in [-0.4, -0.2) is 74.6 Å². The highest BCUT2D eigenvalue weighted by Gasteiger charge is 2.63. The molecule has 10 heteroatoms. The Labute approximate surface area is 237 Å². The zero-order chi connectivity index (χ0) is 30.0. The van der Waals surface area contributed by atoms with Crippen LogP contribution in [0.1, 0.15) is 41.8 Å². The van der Waals surface area contributed by atoms with Crippen molar-refractivity contribution >= 4 is 17.5 Å². The number of aliphatic hydroxyl groups excluding tert-OH is 2. The van der Waals surface area contributed by atoms with Gasteiger partial charge in [-0.2, -0.15) is 0 Å². The molecular weight excluding hydrogens is 526 g/mol. The molecule has 0 saturated heterocycles. The number of hydrogen-bond acceptors (Lipinski definition) is 9. The number of nitrogens with two attached hydrogens (primary N) is 1. The van der Waals surface area contributed by atoms with E-state index in [1.165, 1.54) is 11.0 Å². The van der Waals surface area contributed by atoms with Crippen molar-refractivity contribution in [2.45, 2.75) is 50.9 Å². The first kappa shape index (κ1) is 28.5. The number of phenols is 1. The van der Waals surface area contributed by atoms with Gasteiger partial charge >= 0.3 is 0 Å². The van der Waals surface area contributed by atoms with Crippen LogP contribution in [-0.2, 0) is 22.6 Å². The molecule has 4 unspecified atom stereocenters. The van der Waals surface area contributed by atoms with Gasteiger partial charge in [-0.15, -0.1) is 0 Å². The highest BCUT2D eigenvalue weighted by atomic mass is 16.3. The van der Waals surface area contributed by atoms with E-state index < -0.39 is 58.0 Å². The van der Waals surface area contributed by atoms with Crippen molar-refractivity contribution in [3.63, 3.8) is 0 Å². The Kier molecular flexibility index (Phi) is 7.05. The number of carbonyl (C=O) groups excluding carboxylic acids is 3. The van der Waals surface area contributed by atoms with Gasteiger partial charge in [0.05, 0.1) is 11.6 Å². The number of hydrogen-bond donors (Lipinski definition) is 6. The van der Waals surface area contributed by atoms with E-state index in [4.69, 9.17) is 5.73 Å². The minimum atomic E-state index is -2.66. The van der Waals surface area contributed by atoms with E-state index in [-0.39, 0.29) is 29.7 Å². The number of allylic oxidation sites excluding steroid dienone is 1. The summed E-state index contributed by atoms with van der Waals surface area (Å²) in [5.74, 6) is -6.64. The summed E-state index contributed by atoms with van der Waals surface area (Å²) in [6.07, 6.45) is 0.273. The quantitative estimate of drug-likeness (QED) is 0.289. The predicted octanol–water partition coefficient (Wildman–Crippen LogP) is 2.29. The van der Waals surface area contributed by atoms with Gasteiger partial charge in [0.1, 0.15) is 22.8 Å². The molecule has 0 saturated carbocycles. The molecule has 5 rings (SSSR count). The molecule has 1 amide bonds. The lowest BCUT2D eigenvalue weighted by Gasteiger charge is -2.50. The Hall–Kier alpha value is -3.99. The van der Waals surface area contributed by atoms with Crippen molar-refractivity contribution in [1.29, 1.82) is 0 Å². The largest absolute Gasteiger partial charge is 0.510 e. The molecule has 3 aliphatic carbocycles. The molecule has 0 bridgehead atoms. The first-order valence-electron chi connectivity index (χ1n) is 13.6. The van der Waals surface area contributed by atoms with Gasteiger partial charge in [-0.1, -0.05) is 44.2 Å². The minimum Gasteiger partial charge on any atom is -0.510 e.